The third kappa shape index (κ3) is 1.83. The highest BCUT2D eigenvalue weighted by Gasteiger charge is 2.19. The molecule has 3 aromatic rings. The van der Waals surface area contributed by atoms with Crippen LogP contribution in [0.15, 0.2) is 47.1 Å². The van der Waals surface area contributed by atoms with Gasteiger partial charge in [0.15, 0.2) is 17.7 Å². The molecule has 0 radical (unpaired) electrons. The Bertz CT molecular complexity index is 719. The van der Waals surface area contributed by atoms with Gasteiger partial charge < -0.3 is 4.42 Å². The fraction of sp³-hybridized carbons (Fsp3) is 0. The van der Waals surface area contributed by atoms with Gasteiger partial charge in [0.2, 0.25) is 0 Å². The Morgan fingerprint density at radius 3 is 2.74 bits per heavy atom. The summed E-state index contributed by atoms with van der Waals surface area (Å²) in [4.78, 5) is 11.0. The summed E-state index contributed by atoms with van der Waals surface area (Å²) in [5, 5.41) is 7.54. The van der Waals surface area contributed by atoms with Crippen LogP contribution in [0.2, 0.25) is 0 Å². The van der Waals surface area contributed by atoms with E-state index in [1.807, 2.05) is 0 Å². The molecule has 0 bridgehead atoms. The Morgan fingerprint density at radius 2 is 2.05 bits per heavy atom. The van der Waals surface area contributed by atoms with Crippen LogP contribution in [-0.4, -0.2) is 21.3 Å². The van der Waals surface area contributed by atoms with Crippen LogP contribution < -0.4 is 0 Å². The molecule has 0 fully saturated rings. The van der Waals surface area contributed by atoms with Gasteiger partial charge in [0.25, 0.3) is 0 Å². The summed E-state index contributed by atoms with van der Waals surface area (Å²) in [6, 6.07) is 9.43. The van der Waals surface area contributed by atoms with Crippen LogP contribution in [0.5, 0.6) is 0 Å². The number of benzene rings is 1. The van der Waals surface area contributed by atoms with Crippen molar-refractivity contribution in [1.82, 2.24) is 15.0 Å². The quantitative estimate of drug-likeness (QED) is 0.676. The van der Waals surface area contributed by atoms with Gasteiger partial charge in [-0.25, -0.2) is 9.07 Å². The Balaban J connectivity index is 2.26. The van der Waals surface area contributed by atoms with Crippen LogP contribution in [-0.2, 0) is 0 Å². The van der Waals surface area contributed by atoms with E-state index in [2.05, 4.69) is 10.3 Å². The van der Waals surface area contributed by atoms with E-state index in [1.165, 1.54) is 17.0 Å². The van der Waals surface area contributed by atoms with Crippen molar-refractivity contribution in [2.24, 2.45) is 0 Å². The van der Waals surface area contributed by atoms with Crippen molar-refractivity contribution in [3.63, 3.8) is 0 Å². The van der Waals surface area contributed by atoms with E-state index in [0.29, 0.717) is 17.7 Å². The average Bonchev–Trinajstić information content (AvgIpc) is 3.07. The molecule has 0 saturated carbocycles. The zero-order valence-electron chi connectivity index (χ0n) is 9.65. The van der Waals surface area contributed by atoms with Crippen molar-refractivity contribution in [1.29, 1.82) is 0 Å². The number of nitrogens with zero attached hydrogens (tertiary/aromatic N) is 3. The highest BCUT2D eigenvalue weighted by atomic mass is 19.1. The summed E-state index contributed by atoms with van der Waals surface area (Å²) in [5.74, 6) is -0.0620. The van der Waals surface area contributed by atoms with Gasteiger partial charge in [-0.2, -0.15) is 0 Å². The predicted octanol–water partition coefficient (Wildman–Crippen LogP) is 2.48. The molecule has 0 amide bonds. The molecule has 0 N–H and O–H groups in total. The van der Waals surface area contributed by atoms with E-state index in [4.69, 9.17) is 4.42 Å². The van der Waals surface area contributed by atoms with E-state index >= 15 is 0 Å². The summed E-state index contributed by atoms with van der Waals surface area (Å²) in [7, 11) is 0. The maximum Gasteiger partial charge on any atom is 0.172 e. The molecule has 0 spiro atoms. The lowest BCUT2D eigenvalue weighted by molar-refractivity contribution is 0.111. The molecule has 0 saturated heterocycles. The molecule has 0 atom stereocenters. The van der Waals surface area contributed by atoms with Crippen LogP contribution >= 0.6 is 0 Å². The normalized spacial score (nSPS) is 10.6. The zero-order chi connectivity index (χ0) is 13.2. The standard InChI is InChI=1S/C13H8FN3O2/c14-9-4-1-2-5-11(9)17-13(10(8-18)15-16-17)12-6-3-7-19-12/h1-8H. The molecule has 3 rings (SSSR count). The second-order valence-corrected chi connectivity index (χ2v) is 3.78. The van der Waals surface area contributed by atoms with E-state index < -0.39 is 5.82 Å². The fourth-order valence-electron chi connectivity index (χ4n) is 1.81. The maximum atomic E-state index is 13.8. The van der Waals surface area contributed by atoms with E-state index in [9.17, 15) is 9.18 Å². The molecule has 6 heteroatoms. The number of rotatable bonds is 3. The number of hydrogen-bond donors (Lipinski definition) is 0. The van der Waals surface area contributed by atoms with Gasteiger partial charge >= 0.3 is 0 Å². The number of carbonyl (C=O) groups is 1. The van der Waals surface area contributed by atoms with Crippen molar-refractivity contribution in [3.8, 4) is 17.1 Å². The van der Waals surface area contributed by atoms with Crippen LogP contribution in [0.3, 0.4) is 0 Å². The third-order valence-corrected chi connectivity index (χ3v) is 2.64. The molecule has 19 heavy (non-hydrogen) atoms. The van der Waals surface area contributed by atoms with Crippen LogP contribution in [0, 0.1) is 5.82 Å². The maximum absolute atomic E-state index is 13.8. The zero-order valence-corrected chi connectivity index (χ0v) is 9.65. The summed E-state index contributed by atoms with van der Waals surface area (Å²) in [6.07, 6.45) is 2.02. The van der Waals surface area contributed by atoms with Gasteiger partial charge in [0.1, 0.15) is 17.2 Å². The summed E-state index contributed by atoms with van der Waals surface area (Å²) >= 11 is 0. The van der Waals surface area contributed by atoms with Crippen molar-refractivity contribution in [2.75, 3.05) is 0 Å². The minimum Gasteiger partial charge on any atom is -0.463 e. The lowest BCUT2D eigenvalue weighted by atomic mass is 10.2. The van der Waals surface area contributed by atoms with Gasteiger partial charge in [-0.15, -0.1) is 5.10 Å². The average molecular weight is 257 g/mol. The van der Waals surface area contributed by atoms with Crippen LogP contribution in [0.1, 0.15) is 10.5 Å². The first-order valence-corrected chi connectivity index (χ1v) is 5.51. The predicted molar refractivity (Wildman–Crippen MR) is 64.4 cm³/mol. The minimum absolute atomic E-state index is 0.0956. The topological polar surface area (TPSA) is 60.9 Å². The second kappa shape index (κ2) is 4.49. The lowest BCUT2D eigenvalue weighted by Crippen LogP contribution is -2.02. The molecule has 0 unspecified atom stereocenters. The monoisotopic (exact) mass is 257 g/mol. The number of halogens is 1. The number of aromatic nitrogens is 3. The van der Waals surface area contributed by atoms with Crippen molar-refractivity contribution < 1.29 is 13.6 Å². The highest BCUT2D eigenvalue weighted by Crippen LogP contribution is 2.25. The van der Waals surface area contributed by atoms with E-state index in [-0.39, 0.29) is 11.4 Å². The van der Waals surface area contributed by atoms with Gasteiger partial charge in [0, 0.05) is 0 Å². The van der Waals surface area contributed by atoms with Crippen molar-refractivity contribution in [2.45, 2.75) is 0 Å². The second-order valence-electron chi connectivity index (χ2n) is 3.78. The molecule has 94 valence electrons. The first kappa shape index (κ1) is 11.3. The number of aldehydes is 1. The third-order valence-electron chi connectivity index (χ3n) is 2.64. The van der Waals surface area contributed by atoms with Crippen molar-refractivity contribution in [3.05, 3.63) is 54.2 Å². The number of carbonyl (C=O) groups excluding carboxylic acids is 1. The molecule has 2 heterocycles. The molecule has 5 nitrogen and oxygen atoms in total. The molecular weight excluding hydrogens is 249 g/mol. The van der Waals surface area contributed by atoms with Crippen molar-refractivity contribution >= 4 is 6.29 Å². The number of para-hydroxylation sites is 1. The highest BCUT2D eigenvalue weighted by molar-refractivity contribution is 5.82. The molecule has 2 aromatic heterocycles. The number of hydrogen-bond acceptors (Lipinski definition) is 4. The van der Waals surface area contributed by atoms with Crippen LogP contribution in [0.4, 0.5) is 4.39 Å². The summed E-state index contributed by atoms with van der Waals surface area (Å²) in [5.41, 5.74) is 0.623. The fourth-order valence-corrected chi connectivity index (χ4v) is 1.81. The largest absolute Gasteiger partial charge is 0.463 e. The molecule has 0 aliphatic rings. The Labute approximate surface area is 107 Å². The van der Waals surface area contributed by atoms with Gasteiger partial charge in [-0.3, -0.25) is 4.79 Å². The SMILES string of the molecule is O=Cc1nnn(-c2ccccc2F)c1-c1ccco1. The first-order chi connectivity index (χ1) is 9.31. The Morgan fingerprint density at radius 1 is 1.21 bits per heavy atom. The number of furan rings is 1. The van der Waals surface area contributed by atoms with Gasteiger partial charge in [0.05, 0.1) is 6.26 Å². The first-order valence-electron chi connectivity index (χ1n) is 5.51. The van der Waals surface area contributed by atoms with Crippen LogP contribution in [0.25, 0.3) is 17.1 Å². The summed E-state index contributed by atoms with van der Waals surface area (Å²) < 4.78 is 20.3. The Kier molecular flexibility index (Phi) is 2.68. The minimum atomic E-state index is -0.461. The molecule has 1 aromatic carbocycles. The van der Waals surface area contributed by atoms with Gasteiger partial charge in [-0.1, -0.05) is 17.3 Å². The molecule has 0 aliphatic heterocycles. The van der Waals surface area contributed by atoms with E-state index in [1.54, 1.807) is 30.3 Å². The molecule has 0 aliphatic carbocycles. The smallest absolute Gasteiger partial charge is 0.172 e. The Hall–Kier alpha value is -2.76. The molecular formula is C13H8FN3O2. The summed E-state index contributed by atoms with van der Waals surface area (Å²) in [6.45, 7) is 0. The lowest BCUT2D eigenvalue weighted by Gasteiger charge is -2.05. The van der Waals surface area contributed by atoms with Gasteiger partial charge in [-0.05, 0) is 24.3 Å². The van der Waals surface area contributed by atoms with E-state index in [0.717, 1.165) is 0 Å².